The predicted octanol–water partition coefficient (Wildman–Crippen LogP) is 12.1. The topological polar surface area (TPSA) is 0 Å². The molecule has 4 rings (SSSR count). The molecule has 0 radical (unpaired) electrons. The van der Waals surface area contributed by atoms with Crippen LogP contribution in [0.1, 0.15) is 146 Å². The summed E-state index contributed by atoms with van der Waals surface area (Å²) in [6.07, 6.45) is 27.8. The van der Waals surface area contributed by atoms with Gasteiger partial charge in [0, 0.05) is 0 Å². The quantitative estimate of drug-likeness (QED) is 0.227. The normalized spacial score (nSPS) is 22.1. The van der Waals surface area contributed by atoms with Gasteiger partial charge in [0.05, 0.1) is 0 Å². The van der Waals surface area contributed by atoms with Gasteiger partial charge in [0.1, 0.15) is 0 Å². The number of benzene rings is 2. The average molecular weight is 499 g/mol. The molecule has 1 saturated carbocycles. The standard InChI is InChI=1S/C37H54/c1-3-5-6-7-8-9-10-11-13-31-16-20-33(21-17-31)35-24-28-37(29-25-35)36-26-22-34(23-27-36)32-18-14-30(12-4-2)15-19-32/h18,22-31,33H,3-17,19-21H2,1-2H3. The van der Waals surface area contributed by atoms with Gasteiger partial charge in [0.25, 0.3) is 0 Å². The maximum absolute atomic E-state index is 2.51. The Morgan fingerprint density at radius 1 is 0.541 bits per heavy atom. The van der Waals surface area contributed by atoms with Crippen LogP contribution < -0.4 is 0 Å². The summed E-state index contributed by atoms with van der Waals surface area (Å²) >= 11 is 0. The van der Waals surface area contributed by atoms with Crippen molar-refractivity contribution in [3.05, 3.63) is 65.7 Å². The molecule has 1 fully saturated rings. The van der Waals surface area contributed by atoms with E-state index >= 15 is 0 Å². The third kappa shape index (κ3) is 8.87. The van der Waals surface area contributed by atoms with Gasteiger partial charge in [-0.3, -0.25) is 0 Å². The minimum atomic E-state index is 0.779. The van der Waals surface area contributed by atoms with Gasteiger partial charge in [-0.1, -0.05) is 139 Å². The van der Waals surface area contributed by atoms with E-state index in [1.807, 2.05) is 0 Å². The number of hydrogen-bond acceptors (Lipinski definition) is 0. The highest BCUT2D eigenvalue weighted by atomic mass is 14.3. The molecule has 0 aromatic heterocycles. The van der Waals surface area contributed by atoms with Gasteiger partial charge in [-0.25, -0.2) is 0 Å². The second kappa shape index (κ2) is 15.6. The molecule has 2 aliphatic carbocycles. The molecule has 2 aromatic rings. The molecular weight excluding hydrogens is 444 g/mol. The lowest BCUT2D eigenvalue weighted by Crippen LogP contribution is -2.13. The van der Waals surface area contributed by atoms with Crippen LogP contribution in [0, 0.1) is 11.8 Å². The van der Waals surface area contributed by atoms with E-state index in [4.69, 9.17) is 0 Å². The van der Waals surface area contributed by atoms with E-state index in [0.717, 1.165) is 17.8 Å². The maximum Gasteiger partial charge on any atom is -0.0162 e. The van der Waals surface area contributed by atoms with E-state index in [1.165, 1.54) is 132 Å². The Balaban J connectivity index is 1.18. The zero-order chi connectivity index (χ0) is 25.7. The fraction of sp³-hybridized carbons (Fsp3) is 0.622. The fourth-order valence-corrected chi connectivity index (χ4v) is 7.00. The first kappa shape index (κ1) is 28.2. The fourth-order valence-electron chi connectivity index (χ4n) is 7.00. The van der Waals surface area contributed by atoms with Crippen LogP contribution in [0.3, 0.4) is 0 Å². The van der Waals surface area contributed by atoms with Crippen LogP contribution in [0.15, 0.2) is 54.6 Å². The molecule has 0 heteroatoms. The first-order valence-electron chi connectivity index (χ1n) is 16.2. The predicted molar refractivity (Wildman–Crippen MR) is 164 cm³/mol. The Morgan fingerprint density at radius 3 is 1.73 bits per heavy atom. The van der Waals surface area contributed by atoms with Crippen molar-refractivity contribution in [3.63, 3.8) is 0 Å². The minimum Gasteiger partial charge on any atom is -0.0804 e. The molecule has 1 atom stereocenters. The molecule has 2 aliphatic rings. The second-order valence-corrected chi connectivity index (χ2v) is 12.3. The summed E-state index contributed by atoms with van der Waals surface area (Å²) in [6, 6.07) is 18.9. The number of unbranched alkanes of at least 4 members (excludes halogenated alkanes) is 7. The van der Waals surface area contributed by atoms with Crippen molar-refractivity contribution in [1.29, 1.82) is 0 Å². The summed E-state index contributed by atoms with van der Waals surface area (Å²) in [5.41, 5.74) is 7.27. The highest BCUT2D eigenvalue weighted by molar-refractivity contribution is 5.71. The monoisotopic (exact) mass is 498 g/mol. The molecule has 202 valence electrons. The van der Waals surface area contributed by atoms with Crippen LogP contribution in [0.5, 0.6) is 0 Å². The number of hydrogen-bond donors (Lipinski definition) is 0. The van der Waals surface area contributed by atoms with Gasteiger partial charge in [0.15, 0.2) is 0 Å². The summed E-state index contributed by atoms with van der Waals surface area (Å²) in [5, 5.41) is 0. The molecule has 0 amide bonds. The van der Waals surface area contributed by atoms with Crippen molar-refractivity contribution < 1.29 is 0 Å². The van der Waals surface area contributed by atoms with Crippen LogP contribution in [0.4, 0.5) is 0 Å². The van der Waals surface area contributed by atoms with Gasteiger partial charge < -0.3 is 0 Å². The molecule has 0 spiro atoms. The highest BCUT2D eigenvalue weighted by Crippen LogP contribution is 2.39. The first-order valence-corrected chi connectivity index (χ1v) is 16.2. The molecule has 0 N–H and O–H groups in total. The minimum absolute atomic E-state index is 0.779. The Bertz CT molecular complexity index is 908. The van der Waals surface area contributed by atoms with E-state index in [1.54, 1.807) is 11.1 Å². The molecule has 0 heterocycles. The van der Waals surface area contributed by atoms with E-state index in [-0.39, 0.29) is 0 Å². The summed E-state index contributed by atoms with van der Waals surface area (Å²) in [5.74, 6) is 2.68. The smallest absolute Gasteiger partial charge is 0.0162 e. The number of allylic oxidation sites excluding steroid dienone is 2. The zero-order valence-electron chi connectivity index (χ0n) is 24.2. The summed E-state index contributed by atoms with van der Waals surface area (Å²) < 4.78 is 0. The van der Waals surface area contributed by atoms with Crippen molar-refractivity contribution in [3.8, 4) is 11.1 Å². The van der Waals surface area contributed by atoms with E-state index in [0.29, 0.717) is 0 Å². The van der Waals surface area contributed by atoms with E-state index in [9.17, 15) is 0 Å². The van der Waals surface area contributed by atoms with Gasteiger partial charge in [-0.2, -0.15) is 0 Å². The van der Waals surface area contributed by atoms with Crippen LogP contribution >= 0.6 is 0 Å². The average Bonchev–Trinajstić information content (AvgIpc) is 2.96. The van der Waals surface area contributed by atoms with Gasteiger partial charge in [-0.05, 0) is 90.5 Å². The van der Waals surface area contributed by atoms with E-state index in [2.05, 4.69) is 68.5 Å². The molecule has 0 bridgehead atoms. The molecule has 37 heavy (non-hydrogen) atoms. The Morgan fingerprint density at radius 2 is 1.14 bits per heavy atom. The van der Waals surface area contributed by atoms with Crippen LogP contribution in [0.2, 0.25) is 0 Å². The van der Waals surface area contributed by atoms with Gasteiger partial charge in [-0.15, -0.1) is 0 Å². The highest BCUT2D eigenvalue weighted by Gasteiger charge is 2.22. The van der Waals surface area contributed by atoms with Crippen molar-refractivity contribution in [2.24, 2.45) is 11.8 Å². The van der Waals surface area contributed by atoms with Crippen molar-refractivity contribution in [1.82, 2.24) is 0 Å². The van der Waals surface area contributed by atoms with Crippen molar-refractivity contribution in [2.75, 3.05) is 0 Å². The molecule has 2 aromatic carbocycles. The van der Waals surface area contributed by atoms with Crippen LogP contribution in [-0.4, -0.2) is 0 Å². The van der Waals surface area contributed by atoms with E-state index < -0.39 is 0 Å². The molecular formula is C37H54. The Labute approximate surface area is 229 Å². The third-order valence-corrected chi connectivity index (χ3v) is 9.50. The summed E-state index contributed by atoms with van der Waals surface area (Å²) in [6.45, 7) is 4.62. The molecule has 0 aliphatic heterocycles. The lowest BCUT2D eigenvalue weighted by molar-refractivity contribution is 0.302. The largest absolute Gasteiger partial charge is 0.0804 e. The Hall–Kier alpha value is -1.82. The molecule has 1 unspecified atom stereocenters. The molecule has 0 nitrogen and oxygen atoms in total. The first-order chi connectivity index (χ1) is 18.3. The van der Waals surface area contributed by atoms with Crippen LogP contribution in [0.25, 0.3) is 16.7 Å². The Kier molecular flexibility index (Phi) is 11.9. The SMILES string of the molecule is CCCCCCCCCCC1CCC(c2ccc(-c3ccc(C4=CCC(CCC)CC4)cc3)cc2)CC1. The molecule has 0 saturated heterocycles. The maximum atomic E-state index is 2.51. The number of rotatable bonds is 14. The zero-order valence-corrected chi connectivity index (χ0v) is 24.2. The lowest BCUT2D eigenvalue weighted by atomic mass is 9.77. The van der Waals surface area contributed by atoms with Crippen molar-refractivity contribution >= 4 is 5.57 Å². The van der Waals surface area contributed by atoms with Crippen molar-refractivity contribution in [2.45, 2.75) is 135 Å². The third-order valence-electron chi connectivity index (χ3n) is 9.50. The lowest BCUT2D eigenvalue weighted by Gasteiger charge is -2.29. The van der Waals surface area contributed by atoms with Crippen LogP contribution in [-0.2, 0) is 0 Å². The van der Waals surface area contributed by atoms with Gasteiger partial charge >= 0.3 is 0 Å². The summed E-state index contributed by atoms with van der Waals surface area (Å²) in [4.78, 5) is 0. The van der Waals surface area contributed by atoms with Gasteiger partial charge in [0.2, 0.25) is 0 Å². The summed E-state index contributed by atoms with van der Waals surface area (Å²) in [7, 11) is 0. The second-order valence-electron chi connectivity index (χ2n) is 12.3.